The van der Waals surface area contributed by atoms with Crippen LogP contribution in [0, 0.1) is 12.3 Å². The molecule has 0 bridgehead atoms. The summed E-state index contributed by atoms with van der Waals surface area (Å²) in [6.07, 6.45) is 3.41. The summed E-state index contributed by atoms with van der Waals surface area (Å²) < 4.78 is 29.8. The summed E-state index contributed by atoms with van der Waals surface area (Å²) in [5, 5.41) is 9.75. The van der Waals surface area contributed by atoms with Crippen LogP contribution < -0.4 is 9.80 Å². The van der Waals surface area contributed by atoms with Gasteiger partial charge in [-0.25, -0.2) is 18.7 Å². The number of benzene rings is 1. The van der Waals surface area contributed by atoms with Crippen molar-refractivity contribution in [3.63, 3.8) is 0 Å². The summed E-state index contributed by atoms with van der Waals surface area (Å²) in [7, 11) is 0. The topological polar surface area (TPSA) is 66.2 Å². The zero-order chi connectivity index (χ0) is 24.9. The molecule has 2 saturated heterocycles. The molecule has 3 fully saturated rings. The molecule has 1 spiro atoms. The number of aromatic nitrogens is 5. The molecule has 0 amide bonds. The summed E-state index contributed by atoms with van der Waals surface area (Å²) in [6.45, 7) is 8.50. The molecule has 1 aromatic carbocycles. The van der Waals surface area contributed by atoms with Gasteiger partial charge in [0.25, 0.3) is 5.92 Å². The number of aryl methyl sites for hydroxylation is 1. The fraction of sp³-hybridized carbons (Fsp3) is 0.520. The maximum absolute atomic E-state index is 13.9. The molecule has 188 valence electrons. The summed E-state index contributed by atoms with van der Waals surface area (Å²) in [5.41, 5.74) is 2.64. The van der Waals surface area contributed by atoms with Gasteiger partial charge in [-0.3, -0.25) is 9.47 Å². The molecule has 2 aromatic heterocycles. The lowest BCUT2D eigenvalue weighted by Gasteiger charge is -2.60. The minimum atomic E-state index is -2.61. The number of nitrogens with zero attached hydrogens (tertiary/aromatic N) is 8. The van der Waals surface area contributed by atoms with Gasteiger partial charge in [0, 0.05) is 73.9 Å². The van der Waals surface area contributed by atoms with E-state index in [0.29, 0.717) is 18.1 Å². The van der Waals surface area contributed by atoms with E-state index in [1.165, 1.54) is 0 Å². The number of hydrogen-bond acceptors (Lipinski definition) is 7. The maximum atomic E-state index is 13.9. The lowest BCUT2D eigenvalue weighted by atomic mass is 9.73. The summed E-state index contributed by atoms with van der Waals surface area (Å²) in [6, 6.07) is 5.79. The van der Waals surface area contributed by atoms with Gasteiger partial charge in [0.15, 0.2) is 5.82 Å². The van der Waals surface area contributed by atoms with E-state index >= 15 is 0 Å². The Kier molecular flexibility index (Phi) is 4.56. The van der Waals surface area contributed by atoms with Gasteiger partial charge in [0.1, 0.15) is 0 Å². The Bertz CT molecular complexity index is 1330. The molecular weight excluding hydrogens is 486 g/mol. The number of fused-ring (bicyclic) bond motifs is 3. The highest BCUT2D eigenvalue weighted by Crippen LogP contribution is 2.51. The van der Waals surface area contributed by atoms with Crippen molar-refractivity contribution in [1.82, 2.24) is 29.6 Å². The number of alkyl halides is 2. The van der Waals surface area contributed by atoms with Gasteiger partial charge in [-0.05, 0) is 43.2 Å². The molecule has 1 aliphatic carbocycles. The van der Waals surface area contributed by atoms with Gasteiger partial charge in [-0.15, -0.1) is 10.2 Å². The van der Waals surface area contributed by atoms with Crippen molar-refractivity contribution in [3.05, 3.63) is 52.6 Å². The first kappa shape index (κ1) is 22.4. The first-order chi connectivity index (χ1) is 17.1. The zero-order valence-electron chi connectivity index (χ0n) is 20.3. The Hall–Kier alpha value is -2.85. The minimum absolute atomic E-state index is 0.146. The van der Waals surface area contributed by atoms with Crippen LogP contribution in [0.1, 0.15) is 36.7 Å². The molecule has 0 radical (unpaired) electrons. The predicted molar refractivity (Wildman–Crippen MR) is 132 cm³/mol. The second kappa shape index (κ2) is 7.35. The van der Waals surface area contributed by atoms with Gasteiger partial charge in [0.2, 0.25) is 11.9 Å². The molecule has 4 aliphatic rings. The Morgan fingerprint density at radius 2 is 1.64 bits per heavy atom. The van der Waals surface area contributed by atoms with E-state index in [2.05, 4.69) is 39.4 Å². The average Bonchev–Trinajstić information content (AvgIpc) is 3.06. The van der Waals surface area contributed by atoms with E-state index in [1.807, 2.05) is 44.4 Å². The molecule has 7 rings (SSSR count). The van der Waals surface area contributed by atoms with E-state index in [-0.39, 0.29) is 18.3 Å². The summed E-state index contributed by atoms with van der Waals surface area (Å²) in [4.78, 5) is 15.5. The van der Waals surface area contributed by atoms with Crippen LogP contribution in [-0.2, 0) is 13.1 Å². The number of rotatable bonds is 3. The second-order valence-corrected chi connectivity index (χ2v) is 11.8. The van der Waals surface area contributed by atoms with Crippen molar-refractivity contribution in [2.75, 3.05) is 36.0 Å². The van der Waals surface area contributed by atoms with E-state index < -0.39 is 11.5 Å². The minimum Gasteiger partial charge on any atom is -0.339 e. The van der Waals surface area contributed by atoms with Crippen LogP contribution in [-0.4, -0.2) is 67.3 Å². The molecule has 36 heavy (non-hydrogen) atoms. The highest BCUT2D eigenvalue weighted by Gasteiger charge is 2.57. The van der Waals surface area contributed by atoms with E-state index in [1.54, 1.807) is 0 Å². The predicted octanol–water partition coefficient (Wildman–Crippen LogP) is 3.85. The standard InChI is InChI=1S/C25H27ClF2N8/c1-16-6-29-21(30-7-16)33-12-24(13-33)14-34(15-24)22-32-31-20-9-35(23(2)10-25(27,28)11-23)8-17-5-18(26)3-4-19(17)36(20)22/h3-7H,8-15H2,1-2H3. The van der Waals surface area contributed by atoms with E-state index in [9.17, 15) is 8.78 Å². The van der Waals surface area contributed by atoms with Gasteiger partial charge < -0.3 is 9.80 Å². The van der Waals surface area contributed by atoms with Crippen molar-refractivity contribution >= 4 is 23.5 Å². The van der Waals surface area contributed by atoms with Crippen molar-refractivity contribution in [1.29, 1.82) is 0 Å². The van der Waals surface area contributed by atoms with Gasteiger partial charge in [-0.2, -0.15) is 0 Å². The van der Waals surface area contributed by atoms with Crippen LogP contribution in [0.2, 0.25) is 5.02 Å². The monoisotopic (exact) mass is 512 g/mol. The van der Waals surface area contributed by atoms with Crippen LogP contribution in [0.3, 0.4) is 0 Å². The fourth-order valence-corrected chi connectivity index (χ4v) is 6.61. The third-order valence-corrected chi connectivity index (χ3v) is 8.40. The van der Waals surface area contributed by atoms with Crippen molar-refractivity contribution in [2.24, 2.45) is 5.41 Å². The van der Waals surface area contributed by atoms with Crippen LogP contribution in [0.4, 0.5) is 20.7 Å². The van der Waals surface area contributed by atoms with Crippen LogP contribution in [0.25, 0.3) is 5.69 Å². The average molecular weight is 513 g/mol. The van der Waals surface area contributed by atoms with Crippen LogP contribution in [0.5, 0.6) is 0 Å². The summed E-state index contributed by atoms with van der Waals surface area (Å²) in [5.74, 6) is -0.257. The number of anilines is 2. The van der Waals surface area contributed by atoms with Crippen LogP contribution >= 0.6 is 11.6 Å². The quantitative estimate of drug-likeness (QED) is 0.528. The van der Waals surface area contributed by atoms with E-state index in [0.717, 1.165) is 60.7 Å². The molecule has 5 heterocycles. The highest BCUT2D eigenvalue weighted by molar-refractivity contribution is 6.30. The molecule has 0 unspecified atom stereocenters. The molecule has 11 heteroatoms. The highest BCUT2D eigenvalue weighted by atomic mass is 35.5. The molecule has 0 N–H and O–H groups in total. The third kappa shape index (κ3) is 3.41. The maximum Gasteiger partial charge on any atom is 0.251 e. The molecule has 1 saturated carbocycles. The van der Waals surface area contributed by atoms with Crippen molar-refractivity contribution in [3.8, 4) is 5.69 Å². The molecular formula is C25H27ClF2N8. The van der Waals surface area contributed by atoms with E-state index in [4.69, 9.17) is 11.6 Å². The Balaban J connectivity index is 1.14. The zero-order valence-corrected chi connectivity index (χ0v) is 21.0. The normalized spacial score (nSPS) is 23.2. The largest absolute Gasteiger partial charge is 0.339 e. The first-order valence-corrected chi connectivity index (χ1v) is 12.6. The Labute approximate surface area is 212 Å². The van der Waals surface area contributed by atoms with Gasteiger partial charge >= 0.3 is 0 Å². The number of hydrogen-bond donors (Lipinski definition) is 0. The Morgan fingerprint density at radius 1 is 0.944 bits per heavy atom. The lowest BCUT2D eigenvalue weighted by molar-refractivity contribution is -0.173. The molecule has 8 nitrogen and oxygen atoms in total. The fourth-order valence-electron chi connectivity index (χ4n) is 6.42. The Morgan fingerprint density at radius 3 is 2.33 bits per heavy atom. The lowest BCUT2D eigenvalue weighted by Crippen LogP contribution is -2.73. The molecule has 0 atom stereocenters. The van der Waals surface area contributed by atoms with Crippen molar-refractivity contribution < 1.29 is 8.78 Å². The molecule has 3 aromatic rings. The summed E-state index contributed by atoms with van der Waals surface area (Å²) >= 11 is 6.36. The smallest absolute Gasteiger partial charge is 0.251 e. The second-order valence-electron chi connectivity index (χ2n) is 11.4. The first-order valence-electron chi connectivity index (χ1n) is 12.3. The number of halogens is 3. The SMILES string of the molecule is Cc1cnc(N2CC3(C2)CN(c2nnc4n2-c2ccc(Cl)cc2CN(C2(C)CC(F)(F)C2)C4)C3)nc1. The van der Waals surface area contributed by atoms with Gasteiger partial charge in [0.05, 0.1) is 12.2 Å². The van der Waals surface area contributed by atoms with Gasteiger partial charge in [-0.1, -0.05) is 11.6 Å². The third-order valence-electron chi connectivity index (χ3n) is 8.17. The molecule has 3 aliphatic heterocycles. The van der Waals surface area contributed by atoms with Crippen molar-refractivity contribution in [2.45, 2.75) is 51.2 Å². The van der Waals surface area contributed by atoms with Crippen LogP contribution in [0.15, 0.2) is 30.6 Å².